The summed E-state index contributed by atoms with van der Waals surface area (Å²) in [6, 6.07) is 9.70. The maximum Gasteiger partial charge on any atom is 0.159 e. The third kappa shape index (κ3) is 2.69. The molecule has 1 aromatic carbocycles. The zero-order valence-electron chi connectivity index (χ0n) is 9.77. The number of hydrogen-bond donors (Lipinski definition) is 2. The van der Waals surface area contributed by atoms with Crippen LogP contribution in [0, 0.1) is 13.8 Å². The fourth-order valence-electron chi connectivity index (χ4n) is 1.53. The number of nitrogens with zero attached hydrogens (tertiary/aromatic N) is 2. The van der Waals surface area contributed by atoms with Crippen LogP contribution in [0.5, 0.6) is 0 Å². The van der Waals surface area contributed by atoms with Crippen molar-refractivity contribution in [1.82, 2.24) is 10.4 Å². The van der Waals surface area contributed by atoms with E-state index in [1.165, 1.54) is 0 Å². The van der Waals surface area contributed by atoms with Gasteiger partial charge >= 0.3 is 0 Å². The second-order valence-electron chi connectivity index (χ2n) is 3.59. The van der Waals surface area contributed by atoms with E-state index in [9.17, 15) is 0 Å². The van der Waals surface area contributed by atoms with E-state index in [4.69, 9.17) is 5.84 Å². The Labute approximate surface area is 104 Å². The van der Waals surface area contributed by atoms with Crippen molar-refractivity contribution in [2.45, 2.75) is 13.8 Å². The molecule has 0 atom stereocenters. The first-order chi connectivity index (χ1) is 8.20. The lowest BCUT2D eigenvalue weighted by atomic mass is 10.3. The highest BCUT2D eigenvalue weighted by atomic mass is 32.1. The summed E-state index contributed by atoms with van der Waals surface area (Å²) in [6.07, 6.45) is 0. The number of aliphatic imine (C=N–C) groups is 1. The number of para-hydroxylation sites is 1. The first kappa shape index (κ1) is 11.8. The lowest BCUT2D eigenvalue weighted by Gasteiger charge is -2.03. The molecule has 0 aliphatic heterocycles. The van der Waals surface area contributed by atoms with Gasteiger partial charge in [-0.15, -0.1) is 11.3 Å². The summed E-state index contributed by atoms with van der Waals surface area (Å²) in [6.45, 7) is 3.93. The molecule has 0 aliphatic rings. The lowest BCUT2D eigenvalue weighted by molar-refractivity contribution is 1.02. The molecule has 0 bridgehead atoms. The van der Waals surface area contributed by atoms with Crippen molar-refractivity contribution in [3.05, 3.63) is 45.9 Å². The van der Waals surface area contributed by atoms with Gasteiger partial charge < -0.3 is 5.43 Å². The molecule has 3 N–H and O–H groups in total. The highest BCUT2D eigenvalue weighted by molar-refractivity contribution is 7.13. The van der Waals surface area contributed by atoms with E-state index in [0.717, 1.165) is 21.3 Å². The van der Waals surface area contributed by atoms with Crippen LogP contribution < -0.4 is 11.3 Å². The molecule has 0 saturated heterocycles. The fraction of sp³-hybridized carbons (Fsp3) is 0.167. The summed E-state index contributed by atoms with van der Waals surface area (Å²) in [5.74, 6) is 6.18. The van der Waals surface area contributed by atoms with Crippen LogP contribution in [0.2, 0.25) is 0 Å². The van der Waals surface area contributed by atoms with Crippen LogP contribution in [0.4, 0.5) is 5.69 Å². The molecule has 0 radical (unpaired) electrons. The standard InChI is InChI=1S/C12H14N4S/c1-8-11(17-9(2)14-8)12(16-13)15-10-6-4-3-5-7-10/h3-7H,13H2,1-2H3,(H,15,16). The van der Waals surface area contributed by atoms with Crippen LogP contribution in [0.15, 0.2) is 35.3 Å². The van der Waals surface area contributed by atoms with Gasteiger partial charge in [0.25, 0.3) is 0 Å². The molecule has 0 unspecified atom stereocenters. The van der Waals surface area contributed by atoms with Crippen LogP contribution >= 0.6 is 11.3 Å². The third-order valence-corrected chi connectivity index (χ3v) is 3.33. The van der Waals surface area contributed by atoms with E-state index in [1.54, 1.807) is 11.3 Å². The number of hydrazine groups is 1. The van der Waals surface area contributed by atoms with E-state index >= 15 is 0 Å². The van der Waals surface area contributed by atoms with Crippen molar-refractivity contribution < 1.29 is 0 Å². The van der Waals surface area contributed by atoms with Crippen molar-refractivity contribution in [2.24, 2.45) is 10.8 Å². The second kappa shape index (κ2) is 5.07. The number of amidine groups is 1. The Hall–Kier alpha value is -1.72. The van der Waals surface area contributed by atoms with Gasteiger partial charge in [-0.1, -0.05) is 18.2 Å². The van der Waals surface area contributed by atoms with Gasteiger partial charge in [-0.2, -0.15) is 0 Å². The average Bonchev–Trinajstić information content (AvgIpc) is 2.67. The van der Waals surface area contributed by atoms with Gasteiger partial charge in [-0.3, -0.25) is 0 Å². The summed E-state index contributed by atoms with van der Waals surface area (Å²) in [7, 11) is 0. The molecule has 0 aliphatic carbocycles. The van der Waals surface area contributed by atoms with Crippen LogP contribution in [0.3, 0.4) is 0 Å². The largest absolute Gasteiger partial charge is 0.307 e. The molecule has 2 aromatic rings. The molecule has 0 saturated carbocycles. The van der Waals surface area contributed by atoms with Gasteiger partial charge in [0.15, 0.2) is 5.84 Å². The Morgan fingerprint density at radius 1 is 1.29 bits per heavy atom. The predicted octanol–water partition coefficient (Wildman–Crippen LogP) is 2.30. The molecule has 5 heteroatoms. The number of nitrogens with two attached hydrogens (primary N) is 1. The molecule has 2 rings (SSSR count). The van der Waals surface area contributed by atoms with Crippen molar-refractivity contribution >= 4 is 22.9 Å². The van der Waals surface area contributed by atoms with Gasteiger partial charge in [0.05, 0.1) is 21.3 Å². The molecule has 88 valence electrons. The summed E-state index contributed by atoms with van der Waals surface area (Å²) >= 11 is 1.58. The van der Waals surface area contributed by atoms with Crippen LogP contribution in [-0.4, -0.2) is 10.8 Å². The normalized spacial score (nSPS) is 11.6. The van der Waals surface area contributed by atoms with Crippen molar-refractivity contribution in [1.29, 1.82) is 0 Å². The number of hydrogen-bond acceptors (Lipinski definition) is 4. The monoisotopic (exact) mass is 246 g/mol. The van der Waals surface area contributed by atoms with E-state index in [-0.39, 0.29) is 0 Å². The Balaban J connectivity index is 2.40. The molecule has 0 spiro atoms. The second-order valence-corrected chi connectivity index (χ2v) is 4.79. The predicted molar refractivity (Wildman–Crippen MR) is 71.6 cm³/mol. The summed E-state index contributed by atoms with van der Waals surface area (Å²) in [4.78, 5) is 9.82. The Kier molecular flexibility index (Phi) is 3.51. The number of thiazole rings is 1. The molecular formula is C12H14N4S. The smallest absolute Gasteiger partial charge is 0.159 e. The first-order valence-corrected chi connectivity index (χ1v) is 6.07. The van der Waals surface area contributed by atoms with Gasteiger partial charge in [0.2, 0.25) is 0 Å². The Morgan fingerprint density at radius 3 is 2.53 bits per heavy atom. The summed E-state index contributed by atoms with van der Waals surface area (Å²) in [5, 5.41) is 1.01. The minimum absolute atomic E-state index is 0.652. The number of aromatic nitrogens is 1. The van der Waals surface area contributed by atoms with Crippen molar-refractivity contribution in [3.8, 4) is 0 Å². The Morgan fingerprint density at radius 2 is 2.00 bits per heavy atom. The number of aryl methyl sites for hydroxylation is 2. The molecule has 4 nitrogen and oxygen atoms in total. The third-order valence-electron chi connectivity index (χ3n) is 2.25. The van der Waals surface area contributed by atoms with Crippen LogP contribution in [0.1, 0.15) is 15.6 Å². The molecule has 0 fully saturated rings. The quantitative estimate of drug-likeness (QED) is 0.370. The molecule has 1 aromatic heterocycles. The van der Waals surface area contributed by atoms with Gasteiger partial charge in [0, 0.05) is 0 Å². The first-order valence-electron chi connectivity index (χ1n) is 5.25. The van der Waals surface area contributed by atoms with Crippen LogP contribution in [-0.2, 0) is 0 Å². The minimum atomic E-state index is 0.652. The number of rotatable bonds is 2. The van der Waals surface area contributed by atoms with E-state index in [0.29, 0.717) is 5.84 Å². The lowest BCUT2D eigenvalue weighted by Crippen LogP contribution is -2.30. The van der Waals surface area contributed by atoms with Gasteiger partial charge in [-0.25, -0.2) is 15.8 Å². The van der Waals surface area contributed by atoms with Gasteiger partial charge in [-0.05, 0) is 26.0 Å². The molecule has 0 amide bonds. The van der Waals surface area contributed by atoms with Crippen molar-refractivity contribution in [2.75, 3.05) is 0 Å². The summed E-state index contributed by atoms with van der Waals surface area (Å²) < 4.78 is 0. The van der Waals surface area contributed by atoms with Crippen molar-refractivity contribution in [3.63, 3.8) is 0 Å². The fourth-order valence-corrected chi connectivity index (χ4v) is 2.40. The Bertz CT molecular complexity index is 531. The number of nitrogens with one attached hydrogen (secondary N) is 1. The maximum atomic E-state index is 5.53. The van der Waals surface area contributed by atoms with Crippen LogP contribution in [0.25, 0.3) is 0 Å². The van der Waals surface area contributed by atoms with Gasteiger partial charge in [0.1, 0.15) is 0 Å². The highest BCUT2D eigenvalue weighted by Crippen LogP contribution is 2.19. The zero-order chi connectivity index (χ0) is 12.3. The highest BCUT2D eigenvalue weighted by Gasteiger charge is 2.10. The summed E-state index contributed by atoms with van der Waals surface area (Å²) in [5.41, 5.74) is 4.45. The average molecular weight is 246 g/mol. The topological polar surface area (TPSA) is 63.3 Å². The van der Waals surface area contributed by atoms with E-state index < -0.39 is 0 Å². The molecular weight excluding hydrogens is 232 g/mol. The zero-order valence-corrected chi connectivity index (χ0v) is 10.6. The SMILES string of the molecule is Cc1nc(C)c(C(=Nc2ccccc2)NN)s1. The number of benzene rings is 1. The minimum Gasteiger partial charge on any atom is -0.307 e. The molecule has 1 heterocycles. The van der Waals surface area contributed by atoms with E-state index in [2.05, 4.69) is 15.4 Å². The maximum absolute atomic E-state index is 5.53. The molecule has 17 heavy (non-hydrogen) atoms. The van der Waals surface area contributed by atoms with E-state index in [1.807, 2.05) is 44.2 Å².